The number of nitrogens with zero attached hydrogens (tertiary/aromatic N) is 1. The number of hydrogen-bond acceptors (Lipinski definition) is 4. The largest absolute Gasteiger partial charge is 0.496 e. The van der Waals surface area contributed by atoms with Gasteiger partial charge in [-0.1, -0.05) is 49.4 Å². The normalized spacial score (nSPS) is 13.7. The topological polar surface area (TPSA) is 58.6 Å². The van der Waals surface area contributed by atoms with Gasteiger partial charge in [-0.15, -0.1) is 0 Å². The highest BCUT2D eigenvalue weighted by Crippen LogP contribution is 2.33. The molecule has 1 heterocycles. The van der Waals surface area contributed by atoms with Crippen molar-refractivity contribution in [3.63, 3.8) is 0 Å². The van der Waals surface area contributed by atoms with Crippen molar-refractivity contribution >= 4 is 23.1 Å². The van der Waals surface area contributed by atoms with Crippen molar-refractivity contribution in [2.75, 3.05) is 12.4 Å². The molecule has 1 N–H and O–H groups in total. The van der Waals surface area contributed by atoms with Crippen molar-refractivity contribution in [1.29, 1.82) is 0 Å². The van der Waals surface area contributed by atoms with E-state index < -0.39 is 17.6 Å². The summed E-state index contributed by atoms with van der Waals surface area (Å²) in [6, 6.07) is 20.5. The number of carbonyl (C=O) groups is 2. The van der Waals surface area contributed by atoms with Crippen LogP contribution in [-0.2, 0) is 22.6 Å². The lowest BCUT2D eigenvalue weighted by atomic mass is 10.0. The Morgan fingerprint density at radius 2 is 1.59 bits per heavy atom. The number of halogens is 1. The number of amides is 2. The van der Waals surface area contributed by atoms with Crippen molar-refractivity contribution in [2.45, 2.75) is 19.9 Å². The molecular weight excluding hydrogens is 407 g/mol. The van der Waals surface area contributed by atoms with Crippen LogP contribution in [0.4, 0.5) is 10.1 Å². The molecule has 3 aromatic rings. The fourth-order valence-corrected chi connectivity index (χ4v) is 3.69. The van der Waals surface area contributed by atoms with Gasteiger partial charge in [-0.25, -0.2) is 4.39 Å². The van der Waals surface area contributed by atoms with Gasteiger partial charge in [0.25, 0.3) is 11.8 Å². The quantitative estimate of drug-likeness (QED) is 0.548. The maximum Gasteiger partial charge on any atom is 0.278 e. The van der Waals surface area contributed by atoms with Gasteiger partial charge in [-0.3, -0.25) is 14.5 Å². The zero-order chi connectivity index (χ0) is 22.7. The average Bonchev–Trinajstić information content (AvgIpc) is 3.04. The number of para-hydroxylation sites is 1. The van der Waals surface area contributed by atoms with Gasteiger partial charge in [-0.2, -0.15) is 0 Å². The number of benzene rings is 3. The van der Waals surface area contributed by atoms with Crippen LogP contribution in [0, 0.1) is 5.82 Å². The molecule has 0 saturated carbocycles. The highest BCUT2D eigenvalue weighted by Gasteiger charge is 2.39. The first-order valence-corrected chi connectivity index (χ1v) is 10.4. The zero-order valence-corrected chi connectivity index (χ0v) is 17.9. The molecule has 32 heavy (non-hydrogen) atoms. The van der Waals surface area contributed by atoms with Gasteiger partial charge in [0.1, 0.15) is 17.3 Å². The predicted molar refractivity (Wildman–Crippen MR) is 121 cm³/mol. The number of ether oxygens (including phenoxy) is 1. The molecule has 1 aliphatic heterocycles. The molecule has 2 amide bonds. The Balaban J connectivity index is 1.73. The van der Waals surface area contributed by atoms with E-state index in [-0.39, 0.29) is 17.8 Å². The predicted octanol–water partition coefficient (Wildman–Crippen LogP) is 4.79. The summed E-state index contributed by atoms with van der Waals surface area (Å²) in [6.07, 6.45) is 0.897. The van der Waals surface area contributed by atoms with Crippen molar-refractivity contribution < 1.29 is 18.7 Å². The fourth-order valence-electron chi connectivity index (χ4n) is 3.69. The van der Waals surface area contributed by atoms with Gasteiger partial charge in [-0.05, 0) is 47.9 Å². The third-order valence-corrected chi connectivity index (χ3v) is 5.45. The maximum absolute atomic E-state index is 13.5. The summed E-state index contributed by atoms with van der Waals surface area (Å²) in [4.78, 5) is 27.9. The second-order valence-corrected chi connectivity index (χ2v) is 7.44. The van der Waals surface area contributed by atoms with Gasteiger partial charge in [0.15, 0.2) is 0 Å². The smallest absolute Gasteiger partial charge is 0.278 e. The minimum absolute atomic E-state index is 0.0618. The lowest BCUT2D eigenvalue weighted by molar-refractivity contribution is -0.137. The van der Waals surface area contributed by atoms with Crippen molar-refractivity contribution in [3.8, 4) is 5.75 Å². The van der Waals surface area contributed by atoms with Crippen molar-refractivity contribution in [3.05, 3.63) is 101 Å². The van der Waals surface area contributed by atoms with Crippen LogP contribution in [0.1, 0.15) is 23.6 Å². The minimum atomic E-state index is -0.445. The number of carbonyl (C=O) groups excluding carboxylic acids is 2. The highest BCUT2D eigenvalue weighted by atomic mass is 19.1. The molecule has 0 spiro atoms. The third kappa shape index (κ3) is 4.12. The lowest BCUT2D eigenvalue weighted by Gasteiger charge is -2.17. The second kappa shape index (κ2) is 9.06. The third-order valence-electron chi connectivity index (χ3n) is 5.45. The van der Waals surface area contributed by atoms with Gasteiger partial charge >= 0.3 is 0 Å². The Morgan fingerprint density at radius 1 is 0.906 bits per heavy atom. The summed E-state index contributed by atoms with van der Waals surface area (Å²) in [7, 11) is 1.54. The number of anilines is 1. The van der Waals surface area contributed by atoms with Crippen LogP contribution in [0.2, 0.25) is 0 Å². The van der Waals surface area contributed by atoms with Crippen LogP contribution in [0.5, 0.6) is 5.75 Å². The molecule has 6 heteroatoms. The van der Waals surface area contributed by atoms with Gasteiger partial charge < -0.3 is 10.1 Å². The summed E-state index contributed by atoms with van der Waals surface area (Å²) >= 11 is 0. The van der Waals surface area contributed by atoms with E-state index >= 15 is 0 Å². The Morgan fingerprint density at radius 3 is 2.25 bits per heavy atom. The van der Waals surface area contributed by atoms with E-state index in [9.17, 15) is 14.0 Å². The Bertz CT molecular complexity index is 1180. The van der Waals surface area contributed by atoms with Crippen LogP contribution in [0.15, 0.2) is 78.5 Å². The molecule has 0 unspecified atom stereocenters. The van der Waals surface area contributed by atoms with Crippen LogP contribution in [0.25, 0.3) is 5.57 Å². The van der Waals surface area contributed by atoms with Gasteiger partial charge in [0.2, 0.25) is 0 Å². The molecule has 0 aliphatic carbocycles. The maximum atomic E-state index is 13.5. The molecule has 4 rings (SSSR count). The highest BCUT2D eigenvalue weighted by molar-refractivity contribution is 6.36. The summed E-state index contributed by atoms with van der Waals surface area (Å²) < 4.78 is 18.9. The van der Waals surface area contributed by atoms with E-state index in [2.05, 4.69) is 12.2 Å². The van der Waals surface area contributed by atoms with E-state index in [0.29, 0.717) is 22.6 Å². The van der Waals surface area contributed by atoms with E-state index in [1.54, 1.807) is 13.2 Å². The number of aryl methyl sites for hydroxylation is 1. The number of methoxy groups -OCH3 is 1. The molecule has 3 aromatic carbocycles. The first kappa shape index (κ1) is 21.3. The Labute approximate surface area is 186 Å². The molecule has 1 aliphatic rings. The lowest BCUT2D eigenvalue weighted by Crippen LogP contribution is -2.32. The minimum Gasteiger partial charge on any atom is -0.496 e. The van der Waals surface area contributed by atoms with E-state index in [0.717, 1.165) is 12.0 Å². The van der Waals surface area contributed by atoms with Crippen LogP contribution < -0.4 is 10.1 Å². The monoisotopic (exact) mass is 430 g/mol. The summed E-state index contributed by atoms with van der Waals surface area (Å²) in [5.41, 5.74) is 3.42. The van der Waals surface area contributed by atoms with Gasteiger partial charge in [0, 0.05) is 11.3 Å². The van der Waals surface area contributed by atoms with Crippen LogP contribution in [0.3, 0.4) is 0 Å². The molecule has 0 bridgehead atoms. The van der Waals surface area contributed by atoms with Gasteiger partial charge in [0.05, 0.1) is 19.2 Å². The van der Waals surface area contributed by atoms with E-state index in [1.165, 1.54) is 29.2 Å². The van der Waals surface area contributed by atoms with Crippen molar-refractivity contribution in [2.24, 2.45) is 0 Å². The second-order valence-electron chi connectivity index (χ2n) is 7.44. The van der Waals surface area contributed by atoms with E-state index in [1.807, 2.05) is 42.5 Å². The summed E-state index contributed by atoms with van der Waals surface area (Å²) in [6.45, 7) is 2.12. The molecule has 0 fully saturated rings. The summed E-state index contributed by atoms with van der Waals surface area (Å²) in [5.74, 6) is -0.713. The number of nitrogens with one attached hydrogen (secondary N) is 1. The first-order valence-electron chi connectivity index (χ1n) is 10.4. The van der Waals surface area contributed by atoms with E-state index in [4.69, 9.17) is 4.74 Å². The molecule has 5 nitrogen and oxygen atoms in total. The molecule has 0 saturated heterocycles. The molecule has 162 valence electrons. The number of hydrogen-bond donors (Lipinski definition) is 1. The molecule has 0 aromatic heterocycles. The number of imide groups is 1. The number of rotatable bonds is 7. The molecular formula is C26H23FN2O3. The molecule has 0 radical (unpaired) electrons. The summed E-state index contributed by atoms with van der Waals surface area (Å²) in [5, 5.41) is 3.12. The zero-order valence-electron chi connectivity index (χ0n) is 17.9. The average molecular weight is 430 g/mol. The molecule has 0 atom stereocenters. The fraction of sp³-hybridized carbons (Fsp3) is 0.154. The Hall–Kier alpha value is -3.93. The van der Waals surface area contributed by atoms with Crippen LogP contribution in [-0.4, -0.2) is 23.8 Å². The standard InChI is InChI=1S/C26H23FN2O3/c1-3-17-8-14-21(15-9-17)28-24-23(18-10-12-20(27)13-11-18)25(30)29(26(24)31)16-19-6-4-5-7-22(19)32-2/h4-15,28H,3,16H2,1-2H3. The first-order chi connectivity index (χ1) is 15.5. The van der Waals surface area contributed by atoms with Crippen molar-refractivity contribution in [1.82, 2.24) is 4.90 Å². The SMILES string of the molecule is CCc1ccc(NC2=C(c3ccc(F)cc3)C(=O)N(Cc3ccccc3OC)C2=O)cc1. The Kier molecular flexibility index (Phi) is 6.03. The van der Waals surface area contributed by atoms with Crippen LogP contribution >= 0.6 is 0 Å².